The van der Waals surface area contributed by atoms with Crippen molar-refractivity contribution in [3.63, 3.8) is 0 Å². The Labute approximate surface area is 172 Å². The van der Waals surface area contributed by atoms with E-state index in [9.17, 15) is 4.79 Å². The lowest BCUT2D eigenvalue weighted by molar-refractivity contribution is -0.144. The van der Waals surface area contributed by atoms with Crippen LogP contribution in [0.4, 0.5) is 0 Å². The Morgan fingerprint density at radius 1 is 1.03 bits per heavy atom. The van der Waals surface area contributed by atoms with E-state index in [1.807, 2.05) is 24.3 Å². The zero-order valence-electron chi connectivity index (χ0n) is 17.1. The maximum absolute atomic E-state index is 12.0. The second-order valence-corrected chi connectivity index (χ2v) is 7.31. The molecule has 0 aliphatic carbocycles. The summed E-state index contributed by atoms with van der Waals surface area (Å²) in [6, 6.07) is 7.73. The van der Waals surface area contributed by atoms with Gasteiger partial charge in [-0.25, -0.2) is 14.8 Å². The summed E-state index contributed by atoms with van der Waals surface area (Å²) in [4.78, 5) is 20.6. The van der Waals surface area contributed by atoms with Gasteiger partial charge >= 0.3 is 5.97 Å². The van der Waals surface area contributed by atoms with Crippen molar-refractivity contribution in [2.75, 3.05) is 13.2 Å². The summed E-state index contributed by atoms with van der Waals surface area (Å²) in [5.41, 5.74) is 0.883. The van der Waals surface area contributed by atoms with Gasteiger partial charge in [-0.3, -0.25) is 0 Å². The molecular formula is C23H30N2O4. The summed E-state index contributed by atoms with van der Waals surface area (Å²) in [5, 5.41) is 0. The lowest BCUT2D eigenvalue weighted by Gasteiger charge is -2.09. The SMILES string of the molecule is CCCCCCCCOc1ccc(-c2ncc(OC(=O)[C@H]3CCCO3)cn2)cc1. The summed E-state index contributed by atoms with van der Waals surface area (Å²) >= 11 is 0. The van der Waals surface area contributed by atoms with Gasteiger partial charge in [0.2, 0.25) is 0 Å². The molecule has 29 heavy (non-hydrogen) atoms. The first-order valence-electron chi connectivity index (χ1n) is 10.6. The molecule has 1 aliphatic rings. The number of rotatable bonds is 11. The Kier molecular flexibility index (Phi) is 8.43. The van der Waals surface area contributed by atoms with E-state index >= 15 is 0 Å². The van der Waals surface area contributed by atoms with Gasteiger partial charge in [0.05, 0.1) is 19.0 Å². The van der Waals surface area contributed by atoms with E-state index in [1.54, 1.807) is 0 Å². The molecule has 0 saturated carbocycles. The fourth-order valence-electron chi connectivity index (χ4n) is 3.24. The fourth-order valence-corrected chi connectivity index (χ4v) is 3.24. The Morgan fingerprint density at radius 2 is 1.76 bits per heavy atom. The molecule has 1 saturated heterocycles. The van der Waals surface area contributed by atoms with Crippen LogP contribution in [0.1, 0.15) is 58.3 Å². The van der Waals surface area contributed by atoms with Gasteiger partial charge in [0.25, 0.3) is 0 Å². The molecule has 2 aromatic rings. The van der Waals surface area contributed by atoms with Gasteiger partial charge in [-0.2, -0.15) is 0 Å². The topological polar surface area (TPSA) is 70.5 Å². The third-order valence-corrected chi connectivity index (χ3v) is 4.92. The van der Waals surface area contributed by atoms with Gasteiger partial charge < -0.3 is 14.2 Å². The first kappa shape index (κ1) is 21.2. The Balaban J connectivity index is 1.44. The predicted molar refractivity (Wildman–Crippen MR) is 111 cm³/mol. The van der Waals surface area contributed by atoms with Crippen molar-refractivity contribution < 1.29 is 19.0 Å². The highest BCUT2D eigenvalue weighted by Crippen LogP contribution is 2.21. The van der Waals surface area contributed by atoms with Gasteiger partial charge in [-0.1, -0.05) is 39.0 Å². The number of hydrogen-bond donors (Lipinski definition) is 0. The van der Waals surface area contributed by atoms with Crippen molar-refractivity contribution in [2.45, 2.75) is 64.4 Å². The monoisotopic (exact) mass is 398 g/mol. The summed E-state index contributed by atoms with van der Waals surface area (Å²) in [7, 11) is 0. The molecule has 1 aromatic heterocycles. The Hall–Kier alpha value is -2.47. The number of carbonyl (C=O) groups excluding carboxylic acids is 1. The summed E-state index contributed by atoms with van der Waals surface area (Å²) < 4.78 is 16.4. The van der Waals surface area contributed by atoms with E-state index in [-0.39, 0.29) is 5.97 Å². The van der Waals surface area contributed by atoms with Crippen molar-refractivity contribution in [1.82, 2.24) is 9.97 Å². The molecule has 3 rings (SSSR count). The average Bonchev–Trinajstić information content (AvgIpc) is 3.29. The van der Waals surface area contributed by atoms with E-state index in [2.05, 4.69) is 16.9 Å². The van der Waals surface area contributed by atoms with Crippen molar-refractivity contribution >= 4 is 5.97 Å². The van der Waals surface area contributed by atoms with E-state index in [0.717, 1.165) is 30.8 Å². The first-order valence-corrected chi connectivity index (χ1v) is 10.6. The quantitative estimate of drug-likeness (QED) is 0.393. The molecule has 1 aliphatic heterocycles. The zero-order chi connectivity index (χ0) is 20.3. The smallest absolute Gasteiger partial charge is 0.340 e. The molecule has 1 atom stereocenters. The van der Waals surface area contributed by atoms with Crippen LogP contribution in [0, 0.1) is 0 Å². The molecule has 2 heterocycles. The Bertz CT molecular complexity index is 740. The number of nitrogens with zero attached hydrogens (tertiary/aromatic N) is 2. The molecule has 1 fully saturated rings. The van der Waals surface area contributed by atoms with Gasteiger partial charge in [0.1, 0.15) is 5.75 Å². The number of carbonyl (C=O) groups is 1. The van der Waals surface area contributed by atoms with Crippen LogP contribution in [-0.4, -0.2) is 35.3 Å². The van der Waals surface area contributed by atoms with Crippen LogP contribution in [0.5, 0.6) is 11.5 Å². The standard InChI is InChI=1S/C23H30N2O4/c1-2-3-4-5-6-7-14-27-19-12-10-18(11-13-19)22-24-16-20(17-25-22)29-23(26)21-9-8-15-28-21/h10-13,16-17,21H,2-9,14-15H2,1H3/t21-/m1/s1. The Morgan fingerprint density at radius 3 is 2.45 bits per heavy atom. The first-order chi connectivity index (χ1) is 14.3. The van der Waals surface area contributed by atoms with Crippen LogP contribution in [-0.2, 0) is 9.53 Å². The van der Waals surface area contributed by atoms with Gasteiger partial charge in [0.15, 0.2) is 17.7 Å². The maximum atomic E-state index is 12.0. The molecule has 0 bridgehead atoms. The molecule has 0 spiro atoms. The van der Waals surface area contributed by atoms with Crippen LogP contribution in [0.25, 0.3) is 11.4 Å². The van der Waals surface area contributed by atoms with Crippen LogP contribution in [0.2, 0.25) is 0 Å². The number of esters is 1. The minimum atomic E-state index is -0.474. The van der Waals surface area contributed by atoms with Gasteiger partial charge in [-0.15, -0.1) is 0 Å². The second kappa shape index (κ2) is 11.5. The molecule has 6 heteroatoms. The zero-order valence-corrected chi connectivity index (χ0v) is 17.1. The largest absolute Gasteiger partial charge is 0.494 e. The average molecular weight is 399 g/mol. The number of ether oxygens (including phenoxy) is 3. The number of unbranched alkanes of at least 4 members (excludes halogenated alkanes) is 5. The van der Waals surface area contributed by atoms with E-state index in [4.69, 9.17) is 14.2 Å². The highest BCUT2D eigenvalue weighted by atomic mass is 16.6. The van der Waals surface area contributed by atoms with E-state index < -0.39 is 6.10 Å². The van der Waals surface area contributed by atoms with Crippen LogP contribution < -0.4 is 9.47 Å². The molecule has 0 unspecified atom stereocenters. The molecule has 156 valence electrons. The molecule has 0 amide bonds. The second-order valence-electron chi connectivity index (χ2n) is 7.31. The van der Waals surface area contributed by atoms with Crippen LogP contribution in [0.15, 0.2) is 36.7 Å². The summed E-state index contributed by atoms with van der Waals surface area (Å²) in [6.45, 7) is 3.58. The molecule has 0 N–H and O–H groups in total. The number of benzene rings is 1. The summed E-state index contributed by atoms with van der Waals surface area (Å²) in [6.07, 6.45) is 11.6. The van der Waals surface area contributed by atoms with Crippen LogP contribution >= 0.6 is 0 Å². The summed E-state index contributed by atoms with van der Waals surface area (Å²) in [5.74, 6) is 1.37. The minimum absolute atomic E-state index is 0.327. The van der Waals surface area contributed by atoms with Gasteiger partial charge in [0, 0.05) is 12.2 Å². The predicted octanol–water partition coefficient (Wildman–Crippen LogP) is 4.97. The lowest BCUT2D eigenvalue weighted by Crippen LogP contribution is -2.24. The molecule has 1 aromatic carbocycles. The van der Waals surface area contributed by atoms with Crippen molar-refractivity contribution in [2.24, 2.45) is 0 Å². The van der Waals surface area contributed by atoms with Gasteiger partial charge in [-0.05, 0) is 43.5 Å². The molecule has 6 nitrogen and oxygen atoms in total. The lowest BCUT2D eigenvalue weighted by atomic mass is 10.1. The van der Waals surface area contributed by atoms with E-state index in [0.29, 0.717) is 24.6 Å². The van der Waals surface area contributed by atoms with Crippen LogP contribution in [0.3, 0.4) is 0 Å². The van der Waals surface area contributed by atoms with Crippen molar-refractivity contribution in [1.29, 1.82) is 0 Å². The maximum Gasteiger partial charge on any atom is 0.340 e. The third kappa shape index (κ3) is 6.82. The number of aromatic nitrogens is 2. The fraction of sp³-hybridized carbons (Fsp3) is 0.522. The van der Waals surface area contributed by atoms with Crippen molar-refractivity contribution in [3.8, 4) is 22.9 Å². The minimum Gasteiger partial charge on any atom is -0.494 e. The normalized spacial score (nSPS) is 16.0. The molecular weight excluding hydrogens is 368 g/mol. The van der Waals surface area contributed by atoms with Crippen molar-refractivity contribution in [3.05, 3.63) is 36.7 Å². The highest BCUT2D eigenvalue weighted by molar-refractivity contribution is 5.77. The number of hydrogen-bond acceptors (Lipinski definition) is 6. The third-order valence-electron chi connectivity index (χ3n) is 4.92. The highest BCUT2D eigenvalue weighted by Gasteiger charge is 2.25. The molecule has 0 radical (unpaired) electrons. The van der Waals surface area contributed by atoms with E-state index in [1.165, 1.54) is 44.5 Å².